The Morgan fingerprint density at radius 1 is 1.28 bits per heavy atom. The van der Waals surface area contributed by atoms with E-state index in [2.05, 4.69) is 21.3 Å². The first-order chi connectivity index (χ1) is 15.5. The lowest BCUT2D eigenvalue weighted by molar-refractivity contribution is -0.112. The summed E-state index contributed by atoms with van der Waals surface area (Å²) in [5.74, 6) is 0.491. The summed E-state index contributed by atoms with van der Waals surface area (Å²) in [6, 6.07) is 9.73. The smallest absolute Gasteiger partial charge is 0.255 e. The lowest BCUT2D eigenvalue weighted by Gasteiger charge is -2.20. The van der Waals surface area contributed by atoms with E-state index in [-0.39, 0.29) is 12.0 Å². The van der Waals surface area contributed by atoms with Gasteiger partial charge in [-0.2, -0.15) is 0 Å². The number of fused-ring (bicyclic) bond motifs is 1. The van der Waals surface area contributed by atoms with Gasteiger partial charge in [0.2, 0.25) is 0 Å². The van der Waals surface area contributed by atoms with E-state index in [1.807, 2.05) is 50.6 Å². The van der Waals surface area contributed by atoms with Gasteiger partial charge in [-0.05, 0) is 50.0 Å². The lowest BCUT2D eigenvalue weighted by Crippen LogP contribution is -2.21. The van der Waals surface area contributed by atoms with Crippen molar-refractivity contribution in [3.63, 3.8) is 0 Å². The number of anilines is 1. The maximum atomic E-state index is 13.0. The Kier molecular flexibility index (Phi) is 6.64. The third-order valence-corrected chi connectivity index (χ3v) is 6.13. The molecule has 1 N–H and O–H groups in total. The van der Waals surface area contributed by atoms with E-state index in [9.17, 15) is 4.79 Å². The standard InChI is InChI=1S/C24H26N4O3S/c1-28(2)14-15-9-21-24(25-13-15)32-23(27-21)19-7-5-6-8-20(19)26-22(29)16-10-17(30-3)12-18(11-16)31-4/h5-11,13,17H,12,14H2,1-4H3,(H,26,29). The lowest BCUT2D eigenvalue weighted by atomic mass is 10.0. The minimum absolute atomic E-state index is 0.197. The molecule has 7 nitrogen and oxygen atoms in total. The van der Waals surface area contributed by atoms with Crippen LogP contribution in [0.1, 0.15) is 12.0 Å². The number of methoxy groups -OCH3 is 2. The number of nitrogens with zero attached hydrogens (tertiary/aromatic N) is 3. The Bertz CT molecular complexity index is 1200. The zero-order valence-electron chi connectivity index (χ0n) is 18.6. The van der Waals surface area contributed by atoms with Crippen LogP contribution in [0.3, 0.4) is 0 Å². The number of pyridine rings is 1. The largest absolute Gasteiger partial charge is 0.501 e. The Morgan fingerprint density at radius 2 is 2.09 bits per heavy atom. The highest BCUT2D eigenvalue weighted by molar-refractivity contribution is 7.21. The first-order valence-corrected chi connectivity index (χ1v) is 11.1. The summed E-state index contributed by atoms with van der Waals surface area (Å²) < 4.78 is 10.8. The van der Waals surface area contributed by atoms with Crippen LogP contribution in [0.25, 0.3) is 20.9 Å². The molecule has 166 valence electrons. The van der Waals surface area contributed by atoms with Crippen molar-refractivity contribution in [2.45, 2.75) is 19.1 Å². The van der Waals surface area contributed by atoms with Crippen LogP contribution in [0.4, 0.5) is 5.69 Å². The Labute approximate surface area is 191 Å². The van der Waals surface area contributed by atoms with Crippen molar-refractivity contribution in [3.05, 3.63) is 65.6 Å². The third-order valence-electron chi connectivity index (χ3n) is 5.12. The predicted molar refractivity (Wildman–Crippen MR) is 127 cm³/mol. The molecule has 0 aliphatic heterocycles. The van der Waals surface area contributed by atoms with Crippen LogP contribution in [0.5, 0.6) is 0 Å². The van der Waals surface area contributed by atoms with Crippen molar-refractivity contribution < 1.29 is 14.3 Å². The quantitative estimate of drug-likeness (QED) is 0.580. The number of aromatic nitrogens is 2. The van der Waals surface area contributed by atoms with E-state index >= 15 is 0 Å². The summed E-state index contributed by atoms with van der Waals surface area (Å²) in [5.41, 5.74) is 4.02. The summed E-state index contributed by atoms with van der Waals surface area (Å²) >= 11 is 1.51. The molecular weight excluding hydrogens is 424 g/mol. The number of carbonyl (C=O) groups is 1. The molecule has 1 amide bonds. The van der Waals surface area contributed by atoms with Gasteiger partial charge in [0.05, 0.1) is 24.7 Å². The fourth-order valence-corrected chi connectivity index (χ4v) is 4.51. The Hall–Kier alpha value is -3.07. The van der Waals surface area contributed by atoms with Gasteiger partial charge in [0.15, 0.2) is 0 Å². The SMILES string of the molecule is COC1=CC(C(=O)Nc2ccccc2-c2nc3cc(CN(C)C)cnc3s2)=CC(OC)C1. The van der Waals surface area contributed by atoms with Gasteiger partial charge < -0.3 is 19.7 Å². The predicted octanol–water partition coefficient (Wildman–Crippen LogP) is 4.23. The van der Waals surface area contributed by atoms with Gasteiger partial charge >= 0.3 is 0 Å². The van der Waals surface area contributed by atoms with Gasteiger partial charge in [0, 0.05) is 37.4 Å². The highest BCUT2D eigenvalue weighted by Gasteiger charge is 2.21. The van der Waals surface area contributed by atoms with Gasteiger partial charge in [0.1, 0.15) is 15.4 Å². The van der Waals surface area contributed by atoms with Gasteiger partial charge in [-0.25, -0.2) is 9.97 Å². The molecule has 0 spiro atoms. The maximum absolute atomic E-state index is 13.0. The number of ether oxygens (including phenoxy) is 2. The minimum Gasteiger partial charge on any atom is -0.501 e. The molecule has 0 saturated carbocycles. The van der Waals surface area contributed by atoms with E-state index < -0.39 is 0 Å². The highest BCUT2D eigenvalue weighted by atomic mass is 32.1. The molecule has 1 atom stereocenters. The fourth-order valence-electron chi connectivity index (χ4n) is 3.58. The van der Waals surface area contributed by atoms with Crippen molar-refractivity contribution in [1.82, 2.24) is 14.9 Å². The molecule has 3 aromatic rings. The zero-order valence-corrected chi connectivity index (χ0v) is 19.4. The van der Waals surface area contributed by atoms with Crippen LogP contribution in [0, 0.1) is 0 Å². The van der Waals surface area contributed by atoms with E-state index in [1.54, 1.807) is 20.3 Å². The average molecular weight is 451 g/mol. The molecule has 2 heterocycles. The number of hydrogen-bond donors (Lipinski definition) is 1. The van der Waals surface area contributed by atoms with Crippen molar-refractivity contribution in [2.75, 3.05) is 33.6 Å². The van der Waals surface area contributed by atoms with Crippen LogP contribution < -0.4 is 5.32 Å². The second-order valence-corrected chi connectivity index (χ2v) is 8.82. The normalized spacial score (nSPS) is 16.1. The average Bonchev–Trinajstić information content (AvgIpc) is 3.21. The number of amides is 1. The van der Waals surface area contributed by atoms with Gasteiger partial charge in [-0.15, -0.1) is 0 Å². The molecule has 1 aromatic carbocycles. The topological polar surface area (TPSA) is 76.6 Å². The van der Waals surface area contributed by atoms with Crippen molar-refractivity contribution >= 4 is 33.3 Å². The van der Waals surface area contributed by atoms with Crippen LogP contribution in [0.15, 0.2) is 60.0 Å². The van der Waals surface area contributed by atoms with Crippen LogP contribution in [0.2, 0.25) is 0 Å². The van der Waals surface area contributed by atoms with Crippen molar-refractivity contribution in [3.8, 4) is 10.6 Å². The molecule has 8 heteroatoms. The molecule has 32 heavy (non-hydrogen) atoms. The highest BCUT2D eigenvalue weighted by Crippen LogP contribution is 2.34. The van der Waals surface area contributed by atoms with Crippen molar-refractivity contribution in [2.24, 2.45) is 0 Å². The summed E-state index contributed by atoms with van der Waals surface area (Å²) in [5, 5.41) is 3.84. The first-order valence-electron chi connectivity index (χ1n) is 10.3. The van der Waals surface area contributed by atoms with Gasteiger partial charge in [-0.1, -0.05) is 23.5 Å². The zero-order chi connectivity index (χ0) is 22.7. The summed E-state index contributed by atoms with van der Waals surface area (Å²) in [6.45, 7) is 0.803. The van der Waals surface area contributed by atoms with E-state index in [0.717, 1.165) is 33.0 Å². The molecule has 0 fully saturated rings. The fraction of sp³-hybridized carbons (Fsp3) is 0.292. The number of para-hydroxylation sites is 1. The number of rotatable bonds is 7. The first kappa shape index (κ1) is 22.1. The van der Waals surface area contributed by atoms with Crippen molar-refractivity contribution in [1.29, 1.82) is 0 Å². The number of thiazole rings is 1. The van der Waals surface area contributed by atoms with E-state index in [0.29, 0.717) is 23.4 Å². The Balaban J connectivity index is 1.63. The van der Waals surface area contributed by atoms with Crippen LogP contribution in [-0.4, -0.2) is 55.2 Å². The minimum atomic E-state index is -0.221. The number of nitrogens with one attached hydrogen (secondary N) is 1. The molecule has 0 bridgehead atoms. The monoisotopic (exact) mass is 450 g/mol. The molecule has 1 unspecified atom stereocenters. The van der Waals surface area contributed by atoms with E-state index in [1.165, 1.54) is 11.3 Å². The second-order valence-electron chi connectivity index (χ2n) is 7.84. The number of hydrogen-bond acceptors (Lipinski definition) is 7. The molecular formula is C24H26N4O3S. The second kappa shape index (κ2) is 9.60. The summed E-state index contributed by atoms with van der Waals surface area (Å²) in [4.78, 5) is 25.4. The molecule has 0 radical (unpaired) electrons. The molecule has 1 aliphatic carbocycles. The maximum Gasteiger partial charge on any atom is 0.255 e. The molecule has 2 aromatic heterocycles. The number of benzene rings is 1. The van der Waals surface area contributed by atoms with Gasteiger partial charge in [0.25, 0.3) is 5.91 Å². The summed E-state index contributed by atoms with van der Waals surface area (Å²) in [6.07, 6.45) is 5.86. The van der Waals surface area contributed by atoms with Gasteiger partial charge in [-0.3, -0.25) is 4.79 Å². The Morgan fingerprint density at radius 3 is 2.84 bits per heavy atom. The van der Waals surface area contributed by atoms with Crippen LogP contribution >= 0.6 is 11.3 Å². The molecule has 1 aliphatic rings. The van der Waals surface area contributed by atoms with Crippen LogP contribution in [-0.2, 0) is 20.8 Å². The third kappa shape index (κ3) is 4.88. The molecule has 4 rings (SSSR count). The van der Waals surface area contributed by atoms with E-state index in [4.69, 9.17) is 14.5 Å². The number of carbonyl (C=O) groups excluding carboxylic acids is 1. The summed E-state index contributed by atoms with van der Waals surface area (Å²) in [7, 11) is 7.27. The molecule has 0 saturated heterocycles.